The van der Waals surface area contributed by atoms with E-state index in [-0.39, 0.29) is 31.3 Å². The van der Waals surface area contributed by atoms with Crippen molar-refractivity contribution in [2.75, 3.05) is 20.2 Å². The number of aliphatic carboxylic acids is 1. The third-order valence-electron chi connectivity index (χ3n) is 4.14. The maximum Gasteiger partial charge on any atom is 0.310 e. The monoisotopic (exact) mass is 299 g/mol. The Morgan fingerprint density at radius 2 is 1.81 bits per heavy atom. The van der Waals surface area contributed by atoms with Crippen LogP contribution in [0, 0.1) is 5.41 Å². The predicted octanol–water partition coefficient (Wildman–Crippen LogP) is 1.82. The Hall–Kier alpha value is -1.59. The Kier molecular flexibility index (Phi) is 6.65. The summed E-state index contributed by atoms with van der Waals surface area (Å²) in [6.45, 7) is 2.30. The van der Waals surface area contributed by atoms with Crippen molar-refractivity contribution in [3.05, 3.63) is 0 Å². The van der Waals surface area contributed by atoms with Gasteiger partial charge in [-0.15, -0.1) is 0 Å². The molecule has 1 aliphatic rings. The van der Waals surface area contributed by atoms with Gasteiger partial charge in [0.05, 0.1) is 18.4 Å². The van der Waals surface area contributed by atoms with Gasteiger partial charge >= 0.3 is 11.9 Å². The fourth-order valence-corrected chi connectivity index (χ4v) is 2.74. The smallest absolute Gasteiger partial charge is 0.310 e. The molecule has 0 aromatic rings. The molecule has 0 aromatic carbocycles. The Morgan fingerprint density at radius 1 is 1.19 bits per heavy atom. The molecule has 0 aliphatic heterocycles. The van der Waals surface area contributed by atoms with Crippen molar-refractivity contribution < 1.29 is 24.2 Å². The van der Waals surface area contributed by atoms with E-state index in [2.05, 4.69) is 0 Å². The van der Waals surface area contributed by atoms with Gasteiger partial charge in [-0.05, 0) is 19.8 Å². The van der Waals surface area contributed by atoms with Crippen molar-refractivity contribution in [2.24, 2.45) is 5.41 Å². The van der Waals surface area contributed by atoms with Gasteiger partial charge in [0.1, 0.15) is 0 Å². The molecule has 21 heavy (non-hydrogen) atoms. The Balaban J connectivity index is 2.53. The average Bonchev–Trinajstić information content (AvgIpc) is 2.45. The second-order valence-corrected chi connectivity index (χ2v) is 5.69. The Bertz CT molecular complexity index is 388. The standard InChI is InChI=1S/C15H25NO5/c1-3-21-13(18)7-10-16(2)12(17)11-15(14(19)20)8-5-4-6-9-15/h3-11H2,1-2H3,(H,19,20). The molecular weight excluding hydrogens is 274 g/mol. The normalized spacial score (nSPS) is 17.0. The largest absolute Gasteiger partial charge is 0.481 e. The third kappa shape index (κ3) is 5.02. The third-order valence-corrected chi connectivity index (χ3v) is 4.14. The number of carboxylic acids is 1. The molecule has 1 aliphatic carbocycles. The summed E-state index contributed by atoms with van der Waals surface area (Å²) in [6.07, 6.45) is 4.00. The summed E-state index contributed by atoms with van der Waals surface area (Å²) in [4.78, 5) is 36.4. The van der Waals surface area contributed by atoms with Gasteiger partial charge in [0, 0.05) is 20.0 Å². The van der Waals surface area contributed by atoms with Gasteiger partial charge in [-0.1, -0.05) is 19.3 Å². The average molecular weight is 299 g/mol. The quantitative estimate of drug-likeness (QED) is 0.725. The molecule has 1 saturated carbocycles. The Morgan fingerprint density at radius 3 is 2.33 bits per heavy atom. The molecule has 1 rings (SSSR count). The Labute approximate surface area is 125 Å². The zero-order valence-electron chi connectivity index (χ0n) is 12.9. The van der Waals surface area contributed by atoms with Crippen LogP contribution in [-0.4, -0.2) is 48.1 Å². The molecule has 0 heterocycles. The highest BCUT2D eigenvalue weighted by atomic mass is 16.5. The summed E-state index contributed by atoms with van der Waals surface area (Å²) >= 11 is 0. The number of nitrogens with zero attached hydrogens (tertiary/aromatic N) is 1. The highest BCUT2D eigenvalue weighted by Crippen LogP contribution is 2.39. The molecule has 0 atom stereocenters. The minimum atomic E-state index is -0.923. The van der Waals surface area contributed by atoms with E-state index in [0.717, 1.165) is 19.3 Å². The van der Waals surface area contributed by atoms with Crippen molar-refractivity contribution in [3.63, 3.8) is 0 Å². The molecule has 6 nitrogen and oxygen atoms in total. The van der Waals surface area contributed by atoms with Crippen molar-refractivity contribution in [3.8, 4) is 0 Å². The van der Waals surface area contributed by atoms with Crippen LogP contribution in [0.15, 0.2) is 0 Å². The molecule has 6 heteroatoms. The van der Waals surface area contributed by atoms with Crippen molar-refractivity contribution in [1.29, 1.82) is 0 Å². The molecule has 0 unspecified atom stereocenters. The van der Waals surface area contributed by atoms with E-state index in [0.29, 0.717) is 19.4 Å². The zero-order chi connectivity index (χ0) is 15.9. The van der Waals surface area contributed by atoms with E-state index >= 15 is 0 Å². The second-order valence-electron chi connectivity index (χ2n) is 5.69. The topological polar surface area (TPSA) is 83.9 Å². The number of ether oxygens (including phenoxy) is 1. The molecular formula is C15H25NO5. The summed E-state index contributed by atoms with van der Waals surface area (Å²) in [7, 11) is 1.60. The van der Waals surface area contributed by atoms with Crippen LogP contribution in [0.5, 0.6) is 0 Å². The molecule has 0 radical (unpaired) electrons. The maximum absolute atomic E-state index is 12.2. The van der Waals surface area contributed by atoms with Gasteiger partial charge < -0.3 is 14.7 Å². The molecule has 0 saturated heterocycles. The summed E-state index contributed by atoms with van der Waals surface area (Å²) in [6, 6.07) is 0. The fraction of sp³-hybridized carbons (Fsp3) is 0.800. The number of rotatable bonds is 7. The minimum Gasteiger partial charge on any atom is -0.481 e. The number of hydrogen-bond acceptors (Lipinski definition) is 4. The van der Waals surface area contributed by atoms with Crippen molar-refractivity contribution in [1.82, 2.24) is 4.90 Å². The minimum absolute atomic E-state index is 0.0155. The lowest BCUT2D eigenvalue weighted by molar-refractivity contribution is -0.156. The van der Waals surface area contributed by atoms with Crippen LogP contribution in [0.25, 0.3) is 0 Å². The summed E-state index contributed by atoms with van der Waals surface area (Å²) in [5.74, 6) is -1.44. The van der Waals surface area contributed by atoms with Crippen molar-refractivity contribution in [2.45, 2.75) is 51.9 Å². The molecule has 1 amide bonds. The van der Waals surface area contributed by atoms with E-state index < -0.39 is 11.4 Å². The fourth-order valence-electron chi connectivity index (χ4n) is 2.74. The van der Waals surface area contributed by atoms with Gasteiger partial charge in [0.25, 0.3) is 0 Å². The number of carboxylic acid groups (broad SMARTS) is 1. The molecule has 1 fully saturated rings. The molecule has 120 valence electrons. The van der Waals surface area contributed by atoms with Crippen LogP contribution in [0.4, 0.5) is 0 Å². The predicted molar refractivity (Wildman–Crippen MR) is 76.7 cm³/mol. The maximum atomic E-state index is 12.2. The lowest BCUT2D eigenvalue weighted by atomic mass is 9.71. The first-order valence-electron chi connectivity index (χ1n) is 7.54. The van der Waals surface area contributed by atoms with Crippen molar-refractivity contribution >= 4 is 17.8 Å². The van der Waals surface area contributed by atoms with Gasteiger partial charge in [-0.3, -0.25) is 14.4 Å². The van der Waals surface area contributed by atoms with E-state index in [9.17, 15) is 19.5 Å². The second kappa shape index (κ2) is 8.00. The van der Waals surface area contributed by atoms with Gasteiger partial charge in [0.15, 0.2) is 0 Å². The van der Waals surface area contributed by atoms with Gasteiger partial charge in [-0.2, -0.15) is 0 Å². The molecule has 0 bridgehead atoms. The summed E-state index contributed by atoms with van der Waals surface area (Å²) in [5.41, 5.74) is -0.923. The molecule has 0 spiro atoms. The van der Waals surface area contributed by atoms with Crippen LogP contribution in [0.2, 0.25) is 0 Å². The van der Waals surface area contributed by atoms with Crippen LogP contribution in [0.1, 0.15) is 51.9 Å². The van der Waals surface area contributed by atoms with E-state index in [4.69, 9.17) is 4.74 Å². The van der Waals surface area contributed by atoms with Crippen LogP contribution < -0.4 is 0 Å². The summed E-state index contributed by atoms with van der Waals surface area (Å²) in [5, 5.41) is 9.46. The summed E-state index contributed by atoms with van der Waals surface area (Å²) < 4.78 is 4.81. The van der Waals surface area contributed by atoms with E-state index in [1.165, 1.54) is 4.90 Å². The molecule has 0 aromatic heterocycles. The SMILES string of the molecule is CCOC(=O)CCN(C)C(=O)CC1(C(=O)O)CCCCC1. The number of carbonyl (C=O) groups is 3. The van der Waals surface area contributed by atoms with Gasteiger partial charge in [0.2, 0.25) is 5.91 Å². The first-order valence-corrected chi connectivity index (χ1v) is 7.54. The van der Waals surface area contributed by atoms with Crippen LogP contribution in [0.3, 0.4) is 0 Å². The number of esters is 1. The van der Waals surface area contributed by atoms with Crippen LogP contribution in [-0.2, 0) is 19.1 Å². The molecule has 1 N–H and O–H groups in total. The highest BCUT2D eigenvalue weighted by Gasteiger charge is 2.41. The van der Waals surface area contributed by atoms with Crippen LogP contribution >= 0.6 is 0 Å². The highest BCUT2D eigenvalue weighted by molar-refractivity contribution is 5.85. The lowest BCUT2D eigenvalue weighted by Crippen LogP contribution is -2.40. The number of carbonyl (C=O) groups excluding carboxylic acids is 2. The van der Waals surface area contributed by atoms with E-state index in [1.54, 1.807) is 14.0 Å². The first-order chi connectivity index (χ1) is 9.91. The first kappa shape index (κ1) is 17.5. The number of amides is 1. The van der Waals surface area contributed by atoms with Gasteiger partial charge in [-0.25, -0.2) is 0 Å². The van der Waals surface area contributed by atoms with E-state index in [1.807, 2.05) is 0 Å². The lowest BCUT2D eigenvalue weighted by Gasteiger charge is -2.33. The zero-order valence-corrected chi connectivity index (χ0v) is 12.9. The number of hydrogen-bond donors (Lipinski definition) is 1.